The Morgan fingerprint density at radius 3 is 2.48 bits per heavy atom. The minimum atomic E-state index is -1.47. The second kappa shape index (κ2) is 6.42. The fourth-order valence-corrected chi connectivity index (χ4v) is 2.90. The number of carbonyl (C=O) groups is 2. The molecule has 1 N–H and O–H groups in total. The lowest BCUT2D eigenvalue weighted by atomic mass is 10.1. The number of piperazine rings is 1. The van der Waals surface area contributed by atoms with Crippen LogP contribution in [0.4, 0.5) is 15.0 Å². The molecule has 0 aliphatic carbocycles. The minimum Gasteiger partial charge on any atom is -0.477 e. The van der Waals surface area contributed by atoms with Crippen molar-refractivity contribution in [3.05, 3.63) is 40.2 Å². The van der Waals surface area contributed by atoms with Crippen LogP contribution >= 0.6 is 0 Å². The monoisotopic (exact) mass is 349 g/mol. The number of ether oxygens (including phenoxy) is 1. The van der Waals surface area contributed by atoms with E-state index in [9.17, 15) is 18.9 Å². The molecule has 0 saturated carbocycles. The molecule has 3 rings (SSSR count). The fraction of sp³-hybridized carbons (Fsp3) is 0.312. The summed E-state index contributed by atoms with van der Waals surface area (Å²) in [4.78, 5) is 38.3. The molecule has 1 aliphatic heterocycles. The summed E-state index contributed by atoms with van der Waals surface area (Å²) >= 11 is 0. The Balaban J connectivity index is 1.91. The molecule has 1 aliphatic rings. The number of pyridine rings is 1. The quantitative estimate of drug-likeness (QED) is 0.879. The number of halogens is 1. The van der Waals surface area contributed by atoms with Gasteiger partial charge in [0.1, 0.15) is 5.56 Å². The number of carbonyl (C=O) groups excluding carboxylic acids is 1. The molecule has 0 atom stereocenters. The summed E-state index contributed by atoms with van der Waals surface area (Å²) in [7, 11) is 1.32. The van der Waals surface area contributed by atoms with Crippen molar-refractivity contribution in [2.24, 2.45) is 0 Å². The van der Waals surface area contributed by atoms with Crippen LogP contribution in [0.2, 0.25) is 0 Å². The second-order valence-electron chi connectivity index (χ2n) is 5.63. The molecule has 1 fully saturated rings. The topological polar surface area (TPSA) is 92.1 Å². The van der Waals surface area contributed by atoms with E-state index in [0.29, 0.717) is 38.1 Å². The largest absolute Gasteiger partial charge is 0.477 e. The number of aromatic carboxylic acids is 1. The van der Waals surface area contributed by atoms with Crippen molar-refractivity contribution < 1.29 is 23.9 Å². The van der Waals surface area contributed by atoms with Crippen LogP contribution in [0.1, 0.15) is 10.4 Å². The van der Waals surface area contributed by atoms with Crippen molar-refractivity contribution in [1.82, 2.24) is 9.69 Å². The van der Waals surface area contributed by atoms with Gasteiger partial charge in [0, 0.05) is 37.3 Å². The minimum absolute atomic E-state index is 0.000605. The number of rotatable bonds is 2. The summed E-state index contributed by atoms with van der Waals surface area (Å²) in [6, 6.07) is 4.56. The summed E-state index contributed by atoms with van der Waals surface area (Å²) in [6.45, 7) is 1.99. The Morgan fingerprint density at radius 1 is 1.20 bits per heavy atom. The van der Waals surface area contributed by atoms with Crippen LogP contribution in [0.3, 0.4) is 0 Å². The highest BCUT2D eigenvalue weighted by atomic mass is 19.2. The maximum atomic E-state index is 14.2. The number of anilines is 1. The van der Waals surface area contributed by atoms with Crippen LogP contribution in [0.15, 0.2) is 29.2 Å². The first-order chi connectivity index (χ1) is 11.9. The third-order valence-electron chi connectivity index (χ3n) is 4.25. The van der Waals surface area contributed by atoms with Crippen LogP contribution in [0.5, 0.6) is 0 Å². The second-order valence-corrected chi connectivity index (χ2v) is 5.63. The van der Waals surface area contributed by atoms with Gasteiger partial charge in [-0.05, 0) is 18.2 Å². The predicted octanol–water partition coefficient (Wildman–Crippen LogP) is 1.32. The van der Waals surface area contributed by atoms with Crippen molar-refractivity contribution in [3.63, 3.8) is 0 Å². The third kappa shape index (κ3) is 3.00. The first kappa shape index (κ1) is 16.7. The van der Waals surface area contributed by atoms with Gasteiger partial charge in [-0.1, -0.05) is 4.48 Å². The van der Waals surface area contributed by atoms with E-state index in [-0.39, 0.29) is 15.7 Å². The van der Waals surface area contributed by atoms with Gasteiger partial charge in [-0.2, -0.15) is 4.79 Å². The first-order valence-corrected chi connectivity index (χ1v) is 7.59. The molecule has 1 aromatic carbocycles. The fourth-order valence-electron chi connectivity index (χ4n) is 2.90. The number of fused-ring (bicyclic) bond motifs is 1. The number of aromatic nitrogens is 1. The molecular formula is C16H16FN3O5. The first-order valence-electron chi connectivity index (χ1n) is 7.59. The molecule has 1 aromatic heterocycles. The van der Waals surface area contributed by atoms with E-state index in [0.717, 1.165) is 0 Å². The van der Waals surface area contributed by atoms with E-state index >= 15 is 0 Å². The van der Waals surface area contributed by atoms with Crippen LogP contribution in [0, 0.1) is 0 Å². The smallest absolute Gasteiger partial charge is 0.409 e. The number of methoxy groups -OCH3 is 1. The predicted molar refractivity (Wildman–Crippen MR) is 87.9 cm³/mol. The number of carboxylic acid groups (broad SMARTS) is 1. The zero-order chi connectivity index (χ0) is 18.1. The summed E-state index contributed by atoms with van der Waals surface area (Å²) < 4.78 is 18.9. The van der Waals surface area contributed by atoms with Gasteiger partial charge in [0.05, 0.1) is 18.8 Å². The van der Waals surface area contributed by atoms with Gasteiger partial charge in [-0.3, -0.25) is 4.79 Å². The number of benzene rings is 1. The van der Waals surface area contributed by atoms with Gasteiger partial charge < -0.3 is 19.6 Å². The highest BCUT2D eigenvalue weighted by Crippen LogP contribution is 2.22. The normalized spacial score (nSPS) is 14.6. The van der Waals surface area contributed by atoms with E-state index < -0.39 is 23.1 Å². The highest BCUT2D eigenvalue weighted by molar-refractivity contribution is 5.93. The van der Waals surface area contributed by atoms with Gasteiger partial charge >= 0.3 is 12.1 Å². The van der Waals surface area contributed by atoms with Crippen LogP contribution in [-0.4, -0.2) is 60.1 Å². The molecule has 8 nitrogen and oxygen atoms in total. The van der Waals surface area contributed by atoms with Crippen molar-refractivity contribution in [2.45, 2.75) is 0 Å². The lowest BCUT2D eigenvalue weighted by Crippen LogP contribution is -2.48. The van der Waals surface area contributed by atoms with E-state index in [1.807, 2.05) is 4.90 Å². The lowest BCUT2D eigenvalue weighted by molar-refractivity contribution is 0.0693. The summed E-state index contributed by atoms with van der Waals surface area (Å²) in [6.07, 6.45) is 0.281. The van der Waals surface area contributed by atoms with Crippen molar-refractivity contribution in [3.8, 4) is 0 Å². The van der Waals surface area contributed by atoms with Crippen LogP contribution in [-0.2, 0) is 4.74 Å². The lowest BCUT2D eigenvalue weighted by Gasteiger charge is -2.35. The Hall–Kier alpha value is -3.10. The summed E-state index contributed by atoms with van der Waals surface area (Å²) in [5.41, 5.74) is -0.651. The third-order valence-corrected chi connectivity index (χ3v) is 4.25. The molecule has 132 valence electrons. The molecular weight excluding hydrogens is 333 g/mol. The van der Waals surface area contributed by atoms with E-state index in [1.54, 1.807) is 11.0 Å². The number of hydrogen-bond donors (Lipinski definition) is 1. The molecule has 2 aromatic rings. The van der Waals surface area contributed by atoms with Crippen molar-refractivity contribution >= 4 is 28.7 Å². The zero-order valence-corrected chi connectivity index (χ0v) is 13.4. The molecule has 0 spiro atoms. The maximum absolute atomic E-state index is 14.2. The highest BCUT2D eigenvalue weighted by Gasteiger charge is 2.22. The Bertz CT molecular complexity index is 903. The molecule has 0 unspecified atom stereocenters. The maximum Gasteiger partial charge on any atom is 0.409 e. The van der Waals surface area contributed by atoms with Crippen molar-refractivity contribution in [2.75, 3.05) is 38.2 Å². The standard InChI is InChI=1S/C16H16FN3O5/c1-25-16(24)19-6-4-18(5-7-19)10-2-3-11-13(8-10)20(17)9-12(14(11)21)15(22)23/h2-3,8-9H,4-7H2,1H3,(H,22,23). The van der Waals surface area contributed by atoms with Crippen LogP contribution in [0.25, 0.3) is 10.9 Å². The molecule has 1 amide bonds. The van der Waals surface area contributed by atoms with Gasteiger partial charge in [0.25, 0.3) is 0 Å². The van der Waals surface area contributed by atoms with Crippen LogP contribution < -0.4 is 10.3 Å². The number of carboxylic acids is 1. The molecule has 9 heteroatoms. The zero-order valence-electron chi connectivity index (χ0n) is 13.4. The average Bonchev–Trinajstić information content (AvgIpc) is 2.63. The van der Waals surface area contributed by atoms with Gasteiger partial charge in [-0.25, -0.2) is 9.59 Å². The van der Waals surface area contributed by atoms with E-state index in [1.165, 1.54) is 19.2 Å². The Morgan fingerprint density at radius 2 is 1.88 bits per heavy atom. The number of amides is 1. The molecule has 0 radical (unpaired) electrons. The Kier molecular flexibility index (Phi) is 4.30. The number of hydrogen-bond acceptors (Lipinski definition) is 5. The summed E-state index contributed by atoms with van der Waals surface area (Å²) in [5, 5.41) is 8.97. The van der Waals surface area contributed by atoms with Gasteiger partial charge in [0.15, 0.2) is 0 Å². The molecule has 2 heterocycles. The summed E-state index contributed by atoms with van der Waals surface area (Å²) in [5.74, 6) is -1.47. The molecule has 25 heavy (non-hydrogen) atoms. The Labute approximate surface area is 141 Å². The van der Waals surface area contributed by atoms with Gasteiger partial charge in [-0.15, -0.1) is 0 Å². The SMILES string of the molecule is COC(=O)N1CCN(c2ccc3c(=O)c(C(=O)O)cn(F)c3c2)CC1. The van der Waals surface area contributed by atoms with E-state index in [2.05, 4.69) is 4.74 Å². The van der Waals surface area contributed by atoms with E-state index in [4.69, 9.17) is 5.11 Å². The molecule has 0 bridgehead atoms. The van der Waals surface area contributed by atoms with Crippen molar-refractivity contribution in [1.29, 1.82) is 0 Å². The molecule has 1 saturated heterocycles. The number of nitrogens with zero attached hydrogens (tertiary/aromatic N) is 3. The van der Waals surface area contributed by atoms with Gasteiger partial charge in [0.2, 0.25) is 5.43 Å². The average molecular weight is 349 g/mol.